The monoisotopic (exact) mass is 318 g/mol. The number of hydrogen-bond acceptors (Lipinski definition) is 5. The van der Waals surface area contributed by atoms with Crippen LogP contribution in [-0.4, -0.2) is 51.7 Å². The molecule has 7 heteroatoms. The normalized spacial score (nSPS) is 34.0. The maximum absolute atomic E-state index is 12.6. The average Bonchev–Trinajstić information content (AvgIpc) is 2.65. The van der Waals surface area contributed by atoms with Gasteiger partial charge in [0.1, 0.15) is 4.75 Å². The van der Waals surface area contributed by atoms with Gasteiger partial charge in [0, 0.05) is 16.8 Å². The third-order valence-electron chi connectivity index (χ3n) is 4.76. The first-order chi connectivity index (χ1) is 9.66. The lowest BCUT2D eigenvalue weighted by Crippen LogP contribution is -2.70. The van der Waals surface area contributed by atoms with E-state index in [1.54, 1.807) is 6.92 Å². The second-order valence-corrected chi connectivity index (χ2v) is 9.05. The molecule has 1 spiro atoms. The van der Waals surface area contributed by atoms with Gasteiger partial charge in [0.05, 0.1) is 12.7 Å². The molecule has 21 heavy (non-hydrogen) atoms. The number of carbonyl (C=O) groups is 1. The Morgan fingerprint density at radius 3 is 2.48 bits per heavy atom. The number of ether oxygens (including phenoxy) is 1. The lowest BCUT2D eigenvalue weighted by molar-refractivity contribution is -0.151. The third kappa shape index (κ3) is 2.70. The van der Waals surface area contributed by atoms with Crippen molar-refractivity contribution < 1.29 is 19.2 Å². The van der Waals surface area contributed by atoms with E-state index in [-0.39, 0.29) is 0 Å². The molecule has 0 radical (unpaired) electrons. The predicted octanol–water partition coefficient (Wildman–Crippen LogP) is 0.650. The van der Waals surface area contributed by atoms with Crippen LogP contribution in [0.2, 0.25) is 0 Å². The highest BCUT2D eigenvalue weighted by Crippen LogP contribution is 2.49. The van der Waals surface area contributed by atoms with E-state index in [0.29, 0.717) is 19.4 Å². The molecule has 0 saturated carbocycles. The summed E-state index contributed by atoms with van der Waals surface area (Å²) < 4.78 is 20.7. The zero-order valence-corrected chi connectivity index (χ0v) is 14.0. The molecule has 122 valence electrons. The van der Waals surface area contributed by atoms with Crippen molar-refractivity contribution in [1.82, 2.24) is 10.0 Å². The van der Waals surface area contributed by atoms with Crippen molar-refractivity contribution in [2.24, 2.45) is 5.41 Å². The Labute approximate surface area is 129 Å². The number of carboxylic acids is 1. The van der Waals surface area contributed by atoms with Crippen LogP contribution in [0.3, 0.4) is 0 Å². The lowest BCUT2D eigenvalue weighted by atomic mass is 9.64. The van der Waals surface area contributed by atoms with Gasteiger partial charge in [-0.25, -0.2) is 4.79 Å². The number of piperidine rings is 1. The zero-order chi connectivity index (χ0) is 15.9. The van der Waals surface area contributed by atoms with Crippen LogP contribution in [-0.2, 0) is 20.9 Å². The van der Waals surface area contributed by atoms with Crippen LogP contribution >= 0.6 is 0 Å². The van der Waals surface area contributed by atoms with E-state index in [0.717, 1.165) is 13.1 Å². The standard InChI is InChI=1S/C14H26N2O4S/c1-10-14(11(17)18,16-21(19)12(2,3)4)13(9-20-10)5-7-15-8-6-13/h10,15-16H,5-9H2,1-4H3,(H,17,18)/t10-,14+,21?/m1/s1. The van der Waals surface area contributed by atoms with Gasteiger partial charge in [0.25, 0.3) is 0 Å². The van der Waals surface area contributed by atoms with E-state index >= 15 is 0 Å². The van der Waals surface area contributed by atoms with Gasteiger partial charge < -0.3 is 19.7 Å². The van der Waals surface area contributed by atoms with E-state index in [9.17, 15) is 14.5 Å². The van der Waals surface area contributed by atoms with Crippen molar-refractivity contribution in [3.8, 4) is 0 Å². The summed E-state index contributed by atoms with van der Waals surface area (Å²) in [6.45, 7) is 9.18. The Morgan fingerprint density at radius 2 is 2.00 bits per heavy atom. The molecule has 2 rings (SSSR count). The van der Waals surface area contributed by atoms with Crippen molar-refractivity contribution in [2.45, 2.75) is 56.9 Å². The fourth-order valence-electron chi connectivity index (χ4n) is 3.33. The largest absolute Gasteiger partial charge is 0.598 e. The molecular weight excluding hydrogens is 292 g/mol. The first-order valence-electron chi connectivity index (χ1n) is 7.41. The molecule has 0 bridgehead atoms. The van der Waals surface area contributed by atoms with Crippen LogP contribution < -0.4 is 10.0 Å². The van der Waals surface area contributed by atoms with Gasteiger partial charge in [-0.3, -0.25) is 0 Å². The first-order valence-corrected chi connectivity index (χ1v) is 8.56. The summed E-state index contributed by atoms with van der Waals surface area (Å²) in [5, 5.41) is 13.2. The molecule has 2 heterocycles. The number of hydrogen-bond donors (Lipinski definition) is 3. The molecular formula is C14H26N2O4S. The highest BCUT2D eigenvalue weighted by atomic mass is 32.2. The molecule has 6 nitrogen and oxygen atoms in total. The fourth-order valence-corrected chi connectivity index (χ4v) is 4.40. The van der Waals surface area contributed by atoms with Gasteiger partial charge in [0.15, 0.2) is 5.54 Å². The maximum Gasteiger partial charge on any atom is 0.331 e. The molecule has 3 atom stereocenters. The number of carboxylic acid groups (broad SMARTS) is 1. The van der Waals surface area contributed by atoms with Crippen molar-refractivity contribution in [2.75, 3.05) is 19.7 Å². The predicted molar refractivity (Wildman–Crippen MR) is 81.3 cm³/mol. The minimum absolute atomic E-state index is 0.399. The molecule has 1 unspecified atom stereocenters. The number of aliphatic carboxylic acids is 1. The molecule has 2 saturated heterocycles. The second-order valence-electron chi connectivity index (χ2n) is 7.08. The van der Waals surface area contributed by atoms with E-state index in [2.05, 4.69) is 10.0 Å². The topological polar surface area (TPSA) is 93.6 Å². The lowest BCUT2D eigenvalue weighted by Gasteiger charge is -2.46. The van der Waals surface area contributed by atoms with Gasteiger partial charge in [-0.2, -0.15) is 0 Å². The number of rotatable bonds is 3. The highest BCUT2D eigenvalue weighted by Gasteiger charge is 2.67. The number of nitrogens with one attached hydrogen (secondary N) is 2. The minimum Gasteiger partial charge on any atom is -0.598 e. The summed E-state index contributed by atoms with van der Waals surface area (Å²) in [5.74, 6) is -0.966. The third-order valence-corrected chi connectivity index (χ3v) is 6.38. The minimum atomic E-state index is -1.47. The summed E-state index contributed by atoms with van der Waals surface area (Å²) in [7, 11) is 0. The zero-order valence-electron chi connectivity index (χ0n) is 13.2. The maximum atomic E-state index is 12.6. The Balaban J connectivity index is 2.40. The van der Waals surface area contributed by atoms with Crippen LogP contribution in [0.25, 0.3) is 0 Å². The van der Waals surface area contributed by atoms with Crippen LogP contribution in [0.15, 0.2) is 0 Å². The molecule has 2 aliphatic rings. The Hall–Kier alpha value is -0.340. The van der Waals surface area contributed by atoms with Crippen molar-refractivity contribution in [3.05, 3.63) is 0 Å². The van der Waals surface area contributed by atoms with Crippen molar-refractivity contribution >= 4 is 17.3 Å². The molecule has 0 aromatic carbocycles. The van der Waals surface area contributed by atoms with Crippen LogP contribution in [0.4, 0.5) is 0 Å². The van der Waals surface area contributed by atoms with Gasteiger partial charge in [-0.1, -0.05) is 0 Å². The molecule has 3 N–H and O–H groups in total. The summed E-state index contributed by atoms with van der Waals surface area (Å²) in [4.78, 5) is 12.2. The van der Waals surface area contributed by atoms with Gasteiger partial charge in [-0.05, 0) is 53.6 Å². The summed E-state index contributed by atoms with van der Waals surface area (Å²) in [5.41, 5.74) is -1.81. The van der Waals surface area contributed by atoms with Crippen LogP contribution in [0.5, 0.6) is 0 Å². The van der Waals surface area contributed by atoms with E-state index in [4.69, 9.17) is 4.74 Å². The smallest absolute Gasteiger partial charge is 0.331 e. The Morgan fingerprint density at radius 1 is 1.43 bits per heavy atom. The quantitative estimate of drug-likeness (QED) is 0.662. The second kappa shape index (κ2) is 5.70. The summed E-state index contributed by atoms with van der Waals surface area (Å²) in [6.07, 6.45) is 0.898. The Bertz CT molecular complexity index is 401. The van der Waals surface area contributed by atoms with E-state index in [1.165, 1.54) is 0 Å². The molecule has 0 aromatic rings. The van der Waals surface area contributed by atoms with E-state index in [1.807, 2.05) is 20.8 Å². The summed E-state index contributed by atoms with van der Waals surface area (Å²) >= 11 is -1.47. The molecule has 0 aliphatic carbocycles. The molecule has 0 amide bonds. The SMILES string of the molecule is C[C@H]1OCC2(CCNCC2)[C@@]1(N[S+]([O-])C(C)(C)C)C(=O)O. The van der Waals surface area contributed by atoms with Crippen molar-refractivity contribution in [1.29, 1.82) is 0 Å². The molecule has 0 aromatic heterocycles. The highest BCUT2D eigenvalue weighted by molar-refractivity contribution is 7.90. The van der Waals surface area contributed by atoms with Gasteiger partial charge in [0.2, 0.25) is 0 Å². The van der Waals surface area contributed by atoms with E-state index < -0.39 is 39.1 Å². The summed E-state index contributed by atoms with van der Waals surface area (Å²) in [6, 6.07) is 0. The molecule has 2 fully saturated rings. The Kier molecular flexibility index (Phi) is 4.62. The van der Waals surface area contributed by atoms with Crippen molar-refractivity contribution in [3.63, 3.8) is 0 Å². The molecule has 2 aliphatic heterocycles. The van der Waals surface area contributed by atoms with Crippen LogP contribution in [0.1, 0.15) is 40.5 Å². The van der Waals surface area contributed by atoms with Crippen LogP contribution in [0, 0.1) is 5.41 Å². The average molecular weight is 318 g/mol. The van der Waals surface area contributed by atoms with Gasteiger partial charge in [-0.15, -0.1) is 4.72 Å². The van der Waals surface area contributed by atoms with Gasteiger partial charge >= 0.3 is 5.97 Å². The fraction of sp³-hybridized carbons (Fsp3) is 0.929. The first kappa shape index (κ1) is 17.0.